The number of aliphatic hydroxyl groups is 1. The second-order valence-corrected chi connectivity index (χ2v) is 3.21. The van der Waals surface area contributed by atoms with Gasteiger partial charge in [0.05, 0.1) is 0 Å². The van der Waals surface area contributed by atoms with Crippen LogP contribution in [0.15, 0.2) is 24.3 Å². The van der Waals surface area contributed by atoms with Gasteiger partial charge in [-0.2, -0.15) is 0 Å². The van der Waals surface area contributed by atoms with Crippen LogP contribution in [0.3, 0.4) is 0 Å². The summed E-state index contributed by atoms with van der Waals surface area (Å²) < 4.78 is 0. The van der Waals surface area contributed by atoms with Crippen LogP contribution in [0.5, 0.6) is 0 Å². The second kappa shape index (κ2) is 2.92. The highest BCUT2D eigenvalue weighted by Crippen LogP contribution is 2.33. The first-order valence-electron chi connectivity index (χ1n) is 4.17. The van der Waals surface area contributed by atoms with E-state index in [1.165, 1.54) is 6.07 Å². The summed E-state index contributed by atoms with van der Waals surface area (Å²) in [7, 11) is 0. The van der Waals surface area contributed by atoms with Gasteiger partial charge in [-0.15, -0.1) is 0 Å². The Morgan fingerprint density at radius 1 is 1.29 bits per heavy atom. The van der Waals surface area contributed by atoms with Crippen LogP contribution in [0, 0.1) is 0 Å². The Balaban J connectivity index is 2.59. The molecule has 0 aromatic heterocycles. The van der Waals surface area contributed by atoms with Crippen LogP contribution in [0.1, 0.15) is 21.8 Å². The van der Waals surface area contributed by atoms with Gasteiger partial charge in [-0.3, -0.25) is 9.59 Å². The molecule has 0 saturated heterocycles. The van der Waals surface area contributed by atoms with E-state index in [9.17, 15) is 14.7 Å². The van der Waals surface area contributed by atoms with E-state index in [2.05, 4.69) is 0 Å². The smallest absolute Gasteiger partial charge is 0.314 e. The van der Waals surface area contributed by atoms with Crippen molar-refractivity contribution < 1.29 is 19.8 Å². The molecule has 1 aliphatic rings. The van der Waals surface area contributed by atoms with Gasteiger partial charge in [0.25, 0.3) is 0 Å². The topological polar surface area (TPSA) is 74.6 Å². The first-order chi connectivity index (χ1) is 6.63. The summed E-state index contributed by atoms with van der Waals surface area (Å²) in [6.07, 6.45) is -1.44. The summed E-state index contributed by atoms with van der Waals surface area (Å²) >= 11 is 0. The average Bonchev–Trinajstić information content (AvgIpc) is 2.41. The third kappa shape index (κ3) is 1.04. The van der Waals surface area contributed by atoms with Crippen LogP contribution in [0.2, 0.25) is 0 Å². The first kappa shape index (κ1) is 8.90. The van der Waals surface area contributed by atoms with Crippen molar-refractivity contribution in [3.05, 3.63) is 35.4 Å². The van der Waals surface area contributed by atoms with Crippen LogP contribution in [0.25, 0.3) is 0 Å². The second-order valence-electron chi connectivity index (χ2n) is 3.21. The molecule has 0 fully saturated rings. The molecule has 4 heteroatoms. The average molecular weight is 192 g/mol. The molecule has 2 unspecified atom stereocenters. The Bertz CT molecular complexity index is 410. The number of carboxylic acids is 1. The van der Waals surface area contributed by atoms with Crippen molar-refractivity contribution in [1.82, 2.24) is 0 Å². The lowest BCUT2D eigenvalue weighted by atomic mass is 10.0. The molecule has 2 atom stereocenters. The number of hydrogen-bond acceptors (Lipinski definition) is 3. The largest absolute Gasteiger partial charge is 0.481 e. The molecule has 2 rings (SSSR count). The molecule has 1 aliphatic carbocycles. The van der Waals surface area contributed by atoms with Gasteiger partial charge in [-0.05, 0) is 5.56 Å². The Morgan fingerprint density at radius 3 is 2.57 bits per heavy atom. The fraction of sp³-hybridized carbons (Fsp3) is 0.200. The number of aliphatic carboxylic acids is 1. The van der Waals surface area contributed by atoms with Crippen molar-refractivity contribution in [3.8, 4) is 0 Å². The van der Waals surface area contributed by atoms with Crippen molar-refractivity contribution in [1.29, 1.82) is 0 Å². The summed E-state index contributed by atoms with van der Waals surface area (Å²) in [5.41, 5.74) is 0.713. The lowest BCUT2D eigenvalue weighted by molar-refractivity contribution is -0.140. The fourth-order valence-corrected chi connectivity index (χ4v) is 1.74. The third-order valence-corrected chi connectivity index (χ3v) is 2.41. The number of rotatable bonds is 1. The maximum atomic E-state index is 11.4. The number of ketones is 1. The molecular formula is C10H8O4. The van der Waals surface area contributed by atoms with Crippen LogP contribution in [-0.4, -0.2) is 28.1 Å². The van der Waals surface area contributed by atoms with Crippen LogP contribution in [0.4, 0.5) is 0 Å². The molecule has 72 valence electrons. The number of fused-ring (bicyclic) bond motifs is 1. The predicted octanol–water partition coefficient (Wildman–Crippen LogP) is 0.412. The van der Waals surface area contributed by atoms with Crippen LogP contribution >= 0.6 is 0 Å². The van der Waals surface area contributed by atoms with Gasteiger partial charge in [0.2, 0.25) is 0 Å². The van der Waals surface area contributed by atoms with E-state index in [0.717, 1.165) is 0 Å². The van der Waals surface area contributed by atoms with Gasteiger partial charge in [0.1, 0.15) is 12.0 Å². The molecule has 1 aromatic rings. The zero-order chi connectivity index (χ0) is 10.3. The SMILES string of the molecule is O=C1c2ccccc2C(C(=O)O)C1O. The van der Waals surface area contributed by atoms with E-state index >= 15 is 0 Å². The lowest BCUT2D eigenvalue weighted by Gasteiger charge is -2.07. The predicted molar refractivity (Wildman–Crippen MR) is 47.2 cm³/mol. The molecule has 0 heterocycles. The summed E-state index contributed by atoms with van der Waals surface area (Å²) in [4.78, 5) is 22.2. The van der Waals surface area contributed by atoms with Crippen molar-refractivity contribution in [2.24, 2.45) is 0 Å². The molecule has 0 amide bonds. The van der Waals surface area contributed by atoms with E-state index < -0.39 is 23.8 Å². The maximum absolute atomic E-state index is 11.4. The molecule has 0 radical (unpaired) electrons. The lowest BCUT2D eigenvalue weighted by Crippen LogP contribution is -2.25. The van der Waals surface area contributed by atoms with Crippen molar-refractivity contribution in [3.63, 3.8) is 0 Å². The Hall–Kier alpha value is -1.68. The van der Waals surface area contributed by atoms with E-state index in [1.54, 1.807) is 18.2 Å². The monoisotopic (exact) mass is 192 g/mol. The third-order valence-electron chi connectivity index (χ3n) is 2.41. The normalized spacial score (nSPS) is 24.8. The fourth-order valence-electron chi connectivity index (χ4n) is 1.74. The number of carboxylic acid groups (broad SMARTS) is 1. The molecule has 4 nitrogen and oxygen atoms in total. The molecular weight excluding hydrogens is 184 g/mol. The van der Waals surface area contributed by atoms with Gasteiger partial charge in [0.15, 0.2) is 5.78 Å². The minimum absolute atomic E-state index is 0.312. The highest BCUT2D eigenvalue weighted by Gasteiger charge is 2.42. The molecule has 0 aliphatic heterocycles. The number of hydrogen-bond donors (Lipinski definition) is 2. The number of aliphatic hydroxyl groups excluding tert-OH is 1. The number of carbonyl (C=O) groups is 2. The Kier molecular flexibility index (Phi) is 1.86. The van der Waals surface area contributed by atoms with E-state index in [4.69, 9.17) is 5.11 Å². The van der Waals surface area contributed by atoms with Gasteiger partial charge in [-0.1, -0.05) is 24.3 Å². The van der Waals surface area contributed by atoms with Gasteiger partial charge >= 0.3 is 5.97 Å². The van der Waals surface area contributed by atoms with Gasteiger partial charge in [-0.25, -0.2) is 0 Å². The zero-order valence-corrected chi connectivity index (χ0v) is 7.18. The molecule has 0 spiro atoms. The summed E-state index contributed by atoms with van der Waals surface area (Å²) in [5.74, 6) is -2.79. The summed E-state index contributed by atoms with van der Waals surface area (Å²) in [6.45, 7) is 0. The number of benzene rings is 1. The number of carbonyl (C=O) groups excluding carboxylic acids is 1. The molecule has 2 N–H and O–H groups in total. The molecule has 0 saturated carbocycles. The Morgan fingerprint density at radius 2 is 1.93 bits per heavy atom. The van der Waals surface area contributed by atoms with Crippen LogP contribution in [-0.2, 0) is 4.79 Å². The molecule has 0 bridgehead atoms. The van der Waals surface area contributed by atoms with E-state index in [1.807, 2.05) is 0 Å². The van der Waals surface area contributed by atoms with Gasteiger partial charge < -0.3 is 10.2 Å². The summed E-state index contributed by atoms with van der Waals surface area (Å²) in [6, 6.07) is 6.39. The molecule has 1 aromatic carbocycles. The highest BCUT2D eigenvalue weighted by atomic mass is 16.4. The maximum Gasteiger partial charge on any atom is 0.314 e. The minimum atomic E-state index is -1.44. The van der Waals surface area contributed by atoms with Crippen molar-refractivity contribution in [2.75, 3.05) is 0 Å². The van der Waals surface area contributed by atoms with Crippen LogP contribution < -0.4 is 0 Å². The van der Waals surface area contributed by atoms with Crippen molar-refractivity contribution >= 4 is 11.8 Å². The highest BCUT2D eigenvalue weighted by molar-refractivity contribution is 6.08. The number of Topliss-reactive ketones (excluding diaryl/α,β-unsaturated/α-hetero) is 1. The quantitative estimate of drug-likeness (QED) is 0.675. The standard InChI is InChI=1S/C10H8O4/c11-8-6-4-2-1-3-5(6)7(9(8)12)10(13)14/h1-4,7,9,12H,(H,13,14). The first-order valence-corrected chi connectivity index (χ1v) is 4.17. The van der Waals surface area contributed by atoms with E-state index in [-0.39, 0.29) is 0 Å². The Labute approximate surface area is 79.8 Å². The summed E-state index contributed by atoms with van der Waals surface area (Å²) in [5, 5.41) is 18.3. The zero-order valence-electron chi connectivity index (χ0n) is 7.18. The van der Waals surface area contributed by atoms with Crippen molar-refractivity contribution in [2.45, 2.75) is 12.0 Å². The van der Waals surface area contributed by atoms with Gasteiger partial charge in [0, 0.05) is 5.56 Å². The minimum Gasteiger partial charge on any atom is -0.481 e. The van der Waals surface area contributed by atoms with E-state index in [0.29, 0.717) is 11.1 Å². The molecule has 14 heavy (non-hydrogen) atoms.